The topological polar surface area (TPSA) is 49.8 Å². The molecule has 4 heteroatoms. The van der Waals surface area contributed by atoms with Crippen LogP contribution in [-0.4, -0.2) is 0 Å². The smallest absolute Gasteiger partial charge is 0.138 e. The lowest BCUT2D eigenvalue weighted by Gasteiger charge is -2.03. The summed E-state index contributed by atoms with van der Waals surface area (Å²) in [6, 6.07) is 3.47. The van der Waals surface area contributed by atoms with E-state index in [-0.39, 0.29) is 0 Å². The number of nitrogens with zero attached hydrogens (tertiary/aromatic N) is 1. The molecule has 1 rings (SSSR count). The molecule has 0 bridgehead atoms. The highest BCUT2D eigenvalue weighted by atomic mass is 35.5. The third kappa shape index (κ3) is 1.84. The number of rotatable bonds is 1. The van der Waals surface area contributed by atoms with Gasteiger partial charge in [-0.05, 0) is 36.4 Å². The van der Waals surface area contributed by atoms with E-state index in [0.717, 1.165) is 22.2 Å². The summed E-state index contributed by atoms with van der Waals surface area (Å²) < 4.78 is 0. The maximum Gasteiger partial charge on any atom is 0.138 e. The van der Waals surface area contributed by atoms with E-state index in [1.807, 2.05) is 18.4 Å². The van der Waals surface area contributed by atoms with E-state index >= 15 is 0 Å². The first-order chi connectivity index (χ1) is 5.65. The molecule has 0 saturated heterocycles. The van der Waals surface area contributed by atoms with E-state index in [9.17, 15) is 0 Å². The van der Waals surface area contributed by atoms with Crippen LogP contribution in [0.15, 0.2) is 17.0 Å². The van der Waals surface area contributed by atoms with Crippen molar-refractivity contribution < 1.29 is 0 Å². The average molecular weight is 199 g/mol. The molecule has 0 aromatic heterocycles. The number of halogens is 1. The highest BCUT2D eigenvalue weighted by molar-refractivity contribution is 8.03. The fourth-order valence-electron chi connectivity index (χ4n) is 0.808. The third-order valence-corrected chi connectivity index (χ3v) is 2.52. The number of nitriles is 1. The number of anilines is 1. The lowest BCUT2D eigenvalue weighted by atomic mass is 10.2. The maximum atomic E-state index is 8.43. The molecule has 0 heterocycles. The van der Waals surface area contributed by atoms with Gasteiger partial charge in [-0.3, -0.25) is 0 Å². The van der Waals surface area contributed by atoms with Gasteiger partial charge >= 0.3 is 0 Å². The number of hydrogen-bond acceptors (Lipinski definition) is 3. The van der Waals surface area contributed by atoms with Gasteiger partial charge in [0, 0.05) is 15.6 Å². The predicted molar refractivity (Wildman–Crippen MR) is 52.1 cm³/mol. The Morgan fingerprint density at radius 1 is 1.58 bits per heavy atom. The molecule has 1 aromatic carbocycles. The molecule has 0 fully saturated rings. The molecule has 0 unspecified atom stereocenters. The minimum absolute atomic E-state index is 0.553. The molecule has 2 nitrogen and oxygen atoms in total. The Kier molecular flexibility index (Phi) is 2.85. The number of hydrogen-bond donors (Lipinski definition) is 1. The second-order valence-corrected chi connectivity index (χ2v) is 3.57. The van der Waals surface area contributed by atoms with Crippen molar-refractivity contribution in [1.82, 2.24) is 0 Å². The Hall–Kier alpha value is -0.850. The lowest BCUT2D eigenvalue weighted by molar-refractivity contribution is 1.37. The van der Waals surface area contributed by atoms with Crippen molar-refractivity contribution in [2.24, 2.45) is 0 Å². The first-order valence-corrected chi connectivity index (χ1v) is 4.46. The fraction of sp³-hybridized carbons (Fsp3) is 0.125. The van der Waals surface area contributed by atoms with Crippen molar-refractivity contribution in [1.29, 1.82) is 5.26 Å². The number of thioether (sulfide) groups is 1. The predicted octanol–water partition coefficient (Wildman–Crippen LogP) is 2.80. The van der Waals surface area contributed by atoms with E-state index in [2.05, 4.69) is 0 Å². The van der Waals surface area contributed by atoms with E-state index < -0.39 is 0 Å². The van der Waals surface area contributed by atoms with Crippen LogP contribution in [0.5, 0.6) is 0 Å². The zero-order chi connectivity index (χ0) is 9.14. The Morgan fingerprint density at radius 2 is 2.25 bits per heavy atom. The molecule has 0 aliphatic carbocycles. The van der Waals surface area contributed by atoms with Crippen molar-refractivity contribution in [3.05, 3.63) is 22.7 Å². The van der Waals surface area contributed by atoms with Gasteiger partial charge in [0.25, 0.3) is 0 Å². The standard InChI is InChI=1S/C8H7ClN2S/c1-5-2-8(12-4-10)7(11)3-6(5)9/h2-3H,11H2,1H3. The number of thiocyanates is 1. The van der Waals surface area contributed by atoms with Gasteiger partial charge in [-0.25, -0.2) is 0 Å². The largest absolute Gasteiger partial charge is 0.398 e. The van der Waals surface area contributed by atoms with Crippen LogP contribution in [0.4, 0.5) is 5.69 Å². The molecule has 2 N–H and O–H groups in total. The van der Waals surface area contributed by atoms with Crippen molar-refractivity contribution >= 4 is 29.1 Å². The summed E-state index contributed by atoms with van der Waals surface area (Å²) in [7, 11) is 0. The molecule has 0 saturated carbocycles. The summed E-state index contributed by atoms with van der Waals surface area (Å²) >= 11 is 6.86. The van der Waals surface area contributed by atoms with Gasteiger partial charge in [0.15, 0.2) is 0 Å². The van der Waals surface area contributed by atoms with Gasteiger partial charge < -0.3 is 5.73 Å². The quantitative estimate of drug-likeness (QED) is 0.429. The second-order valence-electron chi connectivity index (χ2n) is 2.33. The van der Waals surface area contributed by atoms with Crippen molar-refractivity contribution in [3.63, 3.8) is 0 Å². The number of nitrogen functional groups attached to an aromatic ring is 1. The molecule has 0 aliphatic rings. The van der Waals surface area contributed by atoms with Crippen molar-refractivity contribution in [2.75, 3.05) is 5.73 Å². The van der Waals surface area contributed by atoms with Gasteiger partial charge in [0.05, 0.1) is 0 Å². The Balaban J connectivity index is 3.16. The van der Waals surface area contributed by atoms with E-state index in [1.54, 1.807) is 6.07 Å². The van der Waals surface area contributed by atoms with Crippen LogP contribution in [0, 0.1) is 17.6 Å². The molecule has 0 aliphatic heterocycles. The zero-order valence-corrected chi connectivity index (χ0v) is 8.04. The van der Waals surface area contributed by atoms with Gasteiger partial charge in [-0.15, -0.1) is 0 Å². The van der Waals surface area contributed by atoms with Crippen LogP contribution < -0.4 is 5.73 Å². The molecular formula is C8H7ClN2S. The SMILES string of the molecule is Cc1cc(SC#N)c(N)cc1Cl. The molecule has 1 aromatic rings. The minimum Gasteiger partial charge on any atom is -0.398 e. The Morgan fingerprint density at radius 3 is 2.83 bits per heavy atom. The maximum absolute atomic E-state index is 8.43. The second kappa shape index (κ2) is 3.70. The fourth-order valence-corrected chi connectivity index (χ4v) is 1.49. The molecule has 0 spiro atoms. The summed E-state index contributed by atoms with van der Waals surface area (Å²) in [6.07, 6.45) is 0. The third-order valence-electron chi connectivity index (χ3n) is 1.45. The highest BCUT2D eigenvalue weighted by Crippen LogP contribution is 2.29. The van der Waals surface area contributed by atoms with Gasteiger partial charge in [-0.2, -0.15) is 5.26 Å². The normalized spacial score (nSPS) is 9.42. The molecule has 0 amide bonds. The summed E-state index contributed by atoms with van der Waals surface area (Å²) in [5, 5.41) is 11.0. The van der Waals surface area contributed by atoms with Gasteiger partial charge in [0.2, 0.25) is 0 Å². The molecule has 62 valence electrons. The number of aryl methyl sites for hydroxylation is 1. The van der Waals surface area contributed by atoms with Crippen LogP contribution in [0.2, 0.25) is 5.02 Å². The van der Waals surface area contributed by atoms with Crippen LogP contribution in [0.3, 0.4) is 0 Å². The molecule has 12 heavy (non-hydrogen) atoms. The van der Waals surface area contributed by atoms with Gasteiger partial charge in [0.1, 0.15) is 5.40 Å². The van der Waals surface area contributed by atoms with Crippen LogP contribution >= 0.6 is 23.4 Å². The van der Waals surface area contributed by atoms with Crippen LogP contribution in [0.25, 0.3) is 0 Å². The van der Waals surface area contributed by atoms with Crippen LogP contribution in [-0.2, 0) is 0 Å². The summed E-state index contributed by atoms with van der Waals surface area (Å²) in [5.74, 6) is 0. The van der Waals surface area contributed by atoms with E-state index in [4.69, 9.17) is 22.6 Å². The Labute approximate surface area is 80.3 Å². The van der Waals surface area contributed by atoms with Crippen molar-refractivity contribution in [3.8, 4) is 5.40 Å². The molecule has 0 radical (unpaired) electrons. The first-order valence-electron chi connectivity index (χ1n) is 3.26. The van der Waals surface area contributed by atoms with E-state index in [1.165, 1.54) is 0 Å². The number of nitrogens with two attached hydrogens (primary N) is 1. The zero-order valence-electron chi connectivity index (χ0n) is 6.47. The van der Waals surface area contributed by atoms with E-state index in [0.29, 0.717) is 10.7 Å². The van der Waals surface area contributed by atoms with Crippen molar-refractivity contribution in [2.45, 2.75) is 11.8 Å². The van der Waals surface area contributed by atoms with Crippen LogP contribution in [0.1, 0.15) is 5.56 Å². The number of benzene rings is 1. The highest BCUT2D eigenvalue weighted by Gasteiger charge is 2.03. The average Bonchev–Trinajstić information content (AvgIpc) is 2.01. The molecule has 0 atom stereocenters. The first kappa shape index (κ1) is 9.24. The Bertz CT molecular complexity index is 344. The minimum atomic E-state index is 0.553. The summed E-state index contributed by atoms with van der Waals surface area (Å²) in [5.41, 5.74) is 7.11. The summed E-state index contributed by atoms with van der Waals surface area (Å²) in [6.45, 7) is 1.88. The molecular weight excluding hydrogens is 192 g/mol. The monoisotopic (exact) mass is 198 g/mol. The lowest BCUT2D eigenvalue weighted by Crippen LogP contribution is -1.89. The van der Waals surface area contributed by atoms with Gasteiger partial charge in [-0.1, -0.05) is 11.6 Å². The summed E-state index contributed by atoms with van der Waals surface area (Å²) in [4.78, 5) is 0.763.